The minimum atomic E-state index is -0.942. The molecular weight excluding hydrogens is 392 g/mol. The molecule has 0 aliphatic carbocycles. The third kappa shape index (κ3) is 1.98. The molecule has 154 valence electrons. The lowest BCUT2D eigenvalue weighted by atomic mass is 9.96. The predicted octanol–water partition coefficient (Wildman–Crippen LogP) is 2.46. The number of benzene rings is 3. The van der Waals surface area contributed by atoms with E-state index in [9.17, 15) is 15.0 Å². The number of carbonyl (C=O) groups is 1. The maximum absolute atomic E-state index is 13.0. The van der Waals surface area contributed by atoms with Gasteiger partial charge >= 0.3 is 0 Å². The van der Waals surface area contributed by atoms with Crippen molar-refractivity contribution in [1.82, 2.24) is 14.5 Å². The minimum absolute atomic E-state index is 0.0853. The van der Waals surface area contributed by atoms with Crippen LogP contribution < -0.4 is 11.1 Å². The smallest absolute Gasteiger partial charge is 0.252 e. The molecule has 3 aromatic carbocycles. The molecule has 0 bridgehead atoms. The van der Waals surface area contributed by atoms with Crippen molar-refractivity contribution in [1.29, 1.82) is 0 Å². The quantitative estimate of drug-likeness (QED) is 0.293. The van der Waals surface area contributed by atoms with E-state index in [0.29, 0.717) is 17.8 Å². The lowest BCUT2D eigenvalue weighted by molar-refractivity contribution is 0.00168. The number of nitrogen functional groups attached to an aromatic ring is 1. The Morgan fingerprint density at radius 1 is 0.903 bits per heavy atom. The Morgan fingerprint density at radius 3 is 2.35 bits per heavy atom. The van der Waals surface area contributed by atoms with E-state index < -0.39 is 12.2 Å². The highest BCUT2D eigenvalue weighted by atomic mass is 16.3. The van der Waals surface area contributed by atoms with E-state index >= 15 is 0 Å². The molecule has 0 saturated carbocycles. The number of amides is 1. The Labute approximate surface area is 176 Å². The average Bonchev–Trinajstić information content (AvgIpc) is 3.38. The van der Waals surface area contributed by atoms with Gasteiger partial charge in [-0.1, -0.05) is 18.2 Å². The van der Waals surface area contributed by atoms with Crippen LogP contribution >= 0.6 is 0 Å². The normalized spacial score (nSPS) is 20.6. The number of carbonyl (C=O) groups excluding carboxylic acids is 1. The molecule has 4 heterocycles. The monoisotopic (exact) mass is 412 g/mol. The fourth-order valence-electron chi connectivity index (χ4n) is 5.68. The van der Waals surface area contributed by atoms with Gasteiger partial charge in [-0.05, 0) is 29.8 Å². The van der Waals surface area contributed by atoms with Gasteiger partial charge in [-0.2, -0.15) is 0 Å². The Kier molecular flexibility index (Phi) is 3.08. The summed E-state index contributed by atoms with van der Waals surface area (Å²) in [7, 11) is 0. The van der Waals surface area contributed by atoms with Crippen LogP contribution in [-0.2, 0) is 19.6 Å². The number of rotatable bonds is 0. The summed E-state index contributed by atoms with van der Waals surface area (Å²) in [5, 5.41) is 28.5. The van der Waals surface area contributed by atoms with E-state index in [1.807, 2.05) is 41.0 Å². The Balaban J connectivity index is 1.87. The van der Waals surface area contributed by atoms with Gasteiger partial charge in [-0.3, -0.25) is 4.79 Å². The van der Waals surface area contributed by atoms with Crippen LogP contribution in [0.5, 0.6) is 0 Å². The molecule has 2 aliphatic heterocycles. The molecule has 1 amide bonds. The zero-order valence-electron chi connectivity index (χ0n) is 16.6. The van der Waals surface area contributed by atoms with Gasteiger partial charge in [-0.15, -0.1) is 0 Å². The molecular formula is C24H20N4O3. The molecule has 2 unspecified atom stereocenters. The molecule has 31 heavy (non-hydrogen) atoms. The highest BCUT2D eigenvalue weighted by Crippen LogP contribution is 2.45. The largest absolute Gasteiger partial charge is 0.399 e. The highest BCUT2D eigenvalue weighted by Gasteiger charge is 2.34. The Hall–Kier alpha value is -3.55. The van der Waals surface area contributed by atoms with Crippen LogP contribution in [0.2, 0.25) is 0 Å². The number of hydrogen-bond donors (Lipinski definition) is 4. The van der Waals surface area contributed by atoms with Gasteiger partial charge in [-0.25, -0.2) is 0 Å². The van der Waals surface area contributed by atoms with Crippen molar-refractivity contribution in [2.45, 2.75) is 31.8 Å². The summed E-state index contributed by atoms with van der Waals surface area (Å²) in [5.41, 5.74) is 12.2. The van der Waals surface area contributed by atoms with Crippen molar-refractivity contribution in [2.24, 2.45) is 0 Å². The molecule has 0 spiro atoms. The number of hydrogen-bond acceptors (Lipinski definition) is 4. The molecule has 5 aromatic rings. The van der Waals surface area contributed by atoms with Crippen molar-refractivity contribution in [3.05, 3.63) is 53.6 Å². The van der Waals surface area contributed by atoms with E-state index in [1.54, 1.807) is 0 Å². The van der Waals surface area contributed by atoms with E-state index in [1.165, 1.54) is 0 Å². The summed E-state index contributed by atoms with van der Waals surface area (Å²) in [4.78, 5) is 13.0. The fourth-order valence-corrected chi connectivity index (χ4v) is 5.68. The summed E-state index contributed by atoms with van der Waals surface area (Å²) in [5.74, 6) is -0.0853. The number of anilines is 1. The number of nitrogens with one attached hydrogen (secondary N) is 1. The first kappa shape index (κ1) is 17.2. The lowest BCUT2D eigenvalue weighted by Crippen LogP contribution is -2.35. The van der Waals surface area contributed by atoms with E-state index in [0.717, 1.165) is 49.2 Å². The molecule has 5 N–H and O–H groups in total. The van der Waals surface area contributed by atoms with Crippen molar-refractivity contribution in [3.63, 3.8) is 0 Å². The number of aliphatic hydroxyl groups is 2. The molecule has 7 rings (SSSR count). The number of aliphatic hydroxyl groups excluding tert-OH is 2. The predicted molar refractivity (Wildman–Crippen MR) is 120 cm³/mol. The highest BCUT2D eigenvalue weighted by molar-refractivity contribution is 6.31. The van der Waals surface area contributed by atoms with Crippen molar-refractivity contribution in [2.75, 3.05) is 5.73 Å². The Bertz CT molecular complexity index is 1610. The van der Waals surface area contributed by atoms with E-state index in [4.69, 9.17) is 5.73 Å². The molecule has 7 nitrogen and oxygen atoms in total. The van der Waals surface area contributed by atoms with Gasteiger partial charge < -0.3 is 30.4 Å². The van der Waals surface area contributed by atoms with Crippen LogP contribution in [0.25, 0.3) is 43.6 Å². The standard InChI is InChI=1S/C24H20N4O3/c25-11-5-6-16-13(7-11)20-21-14(8-26-24(21)31)19-12-3-1-2-4-15(12)27-9-17(29)18(30)10-28(16)23(20)22(19)27/h1-7,17-18,29-30H,8-10,25H2,(H,26,31). The zero-order valence-corrected chi connectivity index (χ0v) is 16.6. The molecule has 2 aromatic heterocycles. The first-order valence-electron chi connectivity index (χ1n) is 10.5. The summed E-state index contributed by atoms with van der Waals surface area (Å²) in [6.07, 6.45) is -1.86. The second-order valence-electron chi connectivity index (χ2n) is 8.63. The topological polar surface area (TPSA) is 105 Å². The van der Waals surface area contributed by atoms with Crippen LogP contribution in [0.3, 0.4) is 0 Å². The minimum Gasteiger partial charge on any atom is -0.399 e. The lowest BCUT2D eigenvalue weighted by Gasteiger charge is -2.24. The first-order valence-corrected chi connectivity index (χ1v) is 10.5. The van der Waals surface area contributed by atoms with Crippen LogP contribution in [0.1, 0.15) is 15.9 Å². The number of fused-ring (bicyclic) bond motifs is 9. The Morgan fingerprint density at radius 2 is 1.58 bits per heavy atom. The van der Waals surface area contributed by atoms with Crippen LogP contribution in [0.4, 0.5) is 5.69 Å². The van der Waals surface area contributed by atoms with Crippen molar-refractivity contribution in [3.8, 4) is 0 Å². The second-order valence-corrected chi connectivity index (χ2v) is 8.63. The maximum atomic E-state index is 13.0. The van der Waals surface area contributed by atoms with Crippen LogP contribution in [0, 0.1) is 0 Å². The summed E-state index contributed by atoms with van der Waals surface area (Å²) >= 11 is 0. The third-order valence-electron chi connectivity index (χ3n) is 6.97. The van der Waals surface area contributed by atoms with Gasteiger partial charge in [0, 0.05) is 44.8 Å². The molecule has 2 aliphatic rings. The number of nitrogens with zero attached hydrogens (tertiary/aromatic N) is 2. The SMILES string of the molecule is Nc1ccc2c(c1)c1c3c(c4c5ccccc5n5c4c1n2CC(O)C(O)C5)CNC3=O. The van der Waals surface area contributed by atoms with Gasteiger partial charge in [0.05, 0.1) is 41.9 Å². The van der Waals surface area contributed by atoms with Gasteiger partial charge in [0.2, 0.25) is 0 Å². The van der Waals surface area contributed by atoms with Crippen molar-refractivity contribution < 1.29 is 15.0 Å². The summed E-state index contributed by atoms with van der Waals surface area (Å²) in [6, 6.07) is 13.7. The zero-order chi connectivity index (χ0) is 21.0. The van der Waals surface area contributed by atoms with E-state index in [2.05, 4.69) is 16.0 Å². The average molecular weight is 412 g/mol. The first-order chi connectivity index (χ1) is 15.0. The molecule has 7 heteroatoms. The second kappa shape index (κ2) is 5.57. The van der Waals surface area contributed by atoms with Gasteiger partial charge in [0.1, 0.15) is 0 Å². The van der Waals surface area contributed by atoms with Crippen LogP contribution in [0.15, 0.2) is 42.5 Å². The summed E-state index contributed by atoms with van der Waals surface area (Å²) in [6.45, 7) is 0.987. The number of para-hydroxylation sites is 1. The summed E-state index contributed by atoms with van der Waals surface area (Å²) < 4.78 is 4.14. The molecule has 0 saturated heterocycles. The van der Waals surface area contributed by atoms with Gasteiger partial charge in [0.25, 0.3) is 5.91 Å². The van der Waals surface area contributed by atoms with E-state index in [-0.39, 0.29) is 19.0 Å². The molecule has 0 fully saturated rings. The fraction of sp³-hybridized carbons (Fsp3) is 0.208. The molecule has 2 atom stereocenters. The van der Waals surface area contributed by atoms with Crippen molar-refractivity contribution >= 4 is 55.2 Å². The van der Waals surface area contributed by atoms with Gasteiger partial charge in [0.15, 0.2) is 0 Å². The maximum Gasteiger partial charge on any atom is 0.252 e. The van der Waals surface area contributed by atoms with Crippen LogP contribution in [-0.4, -0.2) is 37.5 Å². The number of nitrogens with two attached hydrogens (primary N) is 1. The third-order valence-corrected chi connectivity index (χ3v) is 6.97. The number of aromatic nitrogens is 2. The molecule has 0 radical (unpaired) electrons.